The number of aromatic nitrogens is 2. The summed E-state index contributed by atoms with van der Waals surface area (Å²) >= 11 is 0. The van der Waals surface area contributed by atoms with Gasteiger partial charge in [0.2, 0.25) is 5.91 Å². The molecule has 0 atom stereocenters. The number of hydrogen-bond donors (Lipinski definition) is 2. The minimum atomic E-state index is -0.335. The first-order valence-corrected chi connectivity index (χ1v) is 7.29. The van der Waals surface area contributed by atoms with E-state index in [1.807, 2.05) is 4.90 Å². The zero-order chi connectivity index (χ0) is 14.8. The molecule has 1 aromatic heterocycles. The number of nitrogens with one attached hydrogen (secondary N) is 2. The number of hydrogen-bond acceptors (Lipinski definition) is 4. The molecule has 1 aromatic rings. The van der Waals surface area contributed by atoms with Crippen molar-refractivity contribution in [3.63, 3.8) is 0 Å². The van der Waals surface area contributed by atoms with Crippen LogP contribution in [0.3, 0.4) is 0 Å². The van der Waals surface area contributed by atoms with E-state index in [9.17, 15) is 14.4 Å². The molecule has 2 amide bonds. The van der Waals surface area contributed by atoms with Gasteiger partial charge in [0.1, 0.15) is 5.69 Å². The summed E-state index contributed by atoms with van der Waals surface area (Å²) < 4.78 is 0. The SMILES string of the molecule is O=C(NC1CCN(C(=O)C2CC2)CC1)c1ccc(=O)[nH]n1. The topological polar surface area (TPSA) is 95.2 Å². The summed E-state index contributed by atoms with van der Waals surface area (Å²) in [6, 6.07) is 2.73. The number of carbonyl (C=O) groups is 2. The van der Waals surface area contributed by atoms with Gasteiger partial charge in [-0.1, -0.05) is 0 Å². The number of carbonyl (C=O) groups excluding carboxylic acids is 2. The monoisotopic (exact) mass is 290 g/mol. The van der Waals surface area contributed by atoms with E-state index in [-0.39, 0.29) is 35.0 Å². The maximum Gasteiger partial charge on any atom is 0.271 e. The highest BCUT2D eigenvalue weighted by Gasteiger charge is 2.35. The van der Waals surface area contributed by atoms with E-state index in [0.29, 0.717) is 13.1 Å². The fourth-order valence-corrected chi connectivity index (χ4v) is 2.56. The van der Waals surface area contributed by atoms with Gasteiger partial charge in [0.25, 0.3) is 11.5 Å². The summed E-state index contributed by atoms with van der Waals surface area (Å²) in [7, 11) is 0. The lowest BCUT2D eigenvalue weighted by molar-refractivity contribution is -0.133. The molecule has 7 nitrogen and oxygen atoms in total. The van der Waals surface area contributed by atoms with Gasteiger partial charge in [-0.05, 0) is 31.7 Å². The van der Waals surface area contributed by atoms with Gasteiger partial charge in [-0.25, -0.2) is 5.10 Å². The molecule has 2 N–H and O–H groups in total. The van der Waals surface area contributed by atoms with Crippen LogP contribution >= 0.6 is 0 Å². The molecule has 2 fully saturated rings. The van der Waals surface area contributed by atoms with Gasteiger partial charge in [-0.3, -0.25) is 14.4 Å². The fourth-order valence-electron chi connectivity index (χ4n) is 2.56. The largest absolute Gasteiger partial charge is 0.348 e. The van der Waals surface area contributed by atoms with Crippen LogP contribution in [-0.4, -0.2) is 46.0 Å². The highest BCUT2D eigenvalue weighted by molar-refractivity contribution is 5.92. The molecular formula is C14H18N4O3. The van der Waals surface area contributed by atoms with Crippen LogP contribution in [0.5, 0.6) is 0 Å². The molecule has 21 heavy (non-hydrogen) atoms. The molecule has 1 saturated carbocycles. The Labute approximate surface area is 121 Å². The Kier molecular flexibility index (Phi) is 3.72. The minimum Gasteiger partial charge on any atom is -0.348 e. The number of likely N-dealkylation sites (tertiary alicyclic amines) is 1. The van der Waals surface area contributed by atoms with E-state index in [1.165, 1.54) is 12.1 Å². The first-order chi connectivity index (χ1) is 10.1. The van der Waals surface area contributed by atoms with Crippen LogP contribution in [0, 0.1) is 5.92 Å². The van der Waals surface area contributed by atoms with Gasteiger partial charge in [0.05, 0.1) is 0 Å². The first kappa shape index (κ1) is 13.8. The summed E-state index contributed by atoms with van der Waals surface area (Å²) in [6.07, 6.45) is 3.56. The summed E-state index contributed by atoms with van der Waals surface area (Å²) in [5, 5.41) is 8.84. The maximum absolute atomic E-state index is 12.0. The fraction of sp³-hybridized carbons (Fsp3) is 0.571. The smallest absolute Gasteiger partial charge is 0.271 e. The predicted molar refractivity (Wildman–Crippen MR) is 74.6 cm³/mol. The molecule has 3 rings (SSSR count). The number of amides is 2. The highest BCUT2D eigenvalue weighted by atomic mass is 16.2. The molecule has 0 bridgehead atoms. The van der Waals surface area contributed by atoms with Crippen molar-refractivity contribution in [1.29, 1.82) is 0 Å². The number of aromatic amines is 1. The molecule has 0 aromatic carbocycles. The highest BCUT2D eigenvalue weighted by Crippen LogP contribution is 2.31. The lowest BCUT2D eigenvalue weighted by Crippen LogP contribution is -2.47. The molecule has 112 valence electrons. The Bertz CT molecular complexity index is 580. The van der Waals surface area contributed by atoms with Crippen molar-refractivity contribution in [3.8, 4) is 0 Å². The van der Waals surface area contributed by atoms with Crippen molar-refractivity contribution >= 4 is 11.8 Å². The van der Waals surface area contributed by atoms with Gasteiger partial charge < -0.3 is 10.2 Å². The standard InChI is InChI=1S/C14H18N4O3/c19-12-4-3-11(16-17-12)13(20)15-10-5-7-18(8-6-10)14(21)9-1-2-9/h3-4,9-10H,1-2,5-8H2,(H,15,20)(H,17,19). The number of piperidine rings is 1. The van der Waals surface area contributed by atoms with Crippen molar-refractivity contribution in [2.24, 2.45) is 5.92 Å². The van der Waals surface area contributed by atoms with Crippen molar-refractivity contribution < 1.29 is 9.59 Å². The van der Waals surface area contributed by atoms with Crippen LogP contribution in [-0.2, 0) is 4.79 Å². The molecule has 2 heterocycles. The second kappa shape index (κ2) is 5.67. The molecule has 2 aliphatic rings. The molecular weight excluding hydrogens is 272 g/mol. The van der Waals surface area contributed by atoms with Crippen molar-refractivity contribution in [1.82, 2.24) is 20.4 Å². The molecule has 1 aliphatic heterocycles. The molecule has 7 heteroatoms. The lowest BCUT2D eigenvalue weighted by atomic mass is 10.0. The molecule has 1 aliphatic carbocycles. The van der Waals surface area contributed by atoms with Gasteiger partial charge in [-0.15, -0.1) is 0 Å². The normalized spacial score (nSPS) is 19.3. The summed E-state index contributed by atoms with van der Waals surface area (Å²) in [6.45, 7) is 1.39. The average molecular weight is 290 g/mol. The van der Waals surface area contributed by atoms with Gasteiger partial charge in [0, 0.05) is 31.1 Å². The Morgan fingerprint density at radius 1 is 1.19 bits per heavy atom. The molecule has 1 saturated heterocycles. The lowest BCUT2D eigenvalue weighted by Gasteiger charge is -2.32. The first-order valence-electron chi connectivity index (χ1n) is 7.29. The Hall–Kier alpha value is -2.18. The zero-order valence-corrected chi connectivity index (χ0v) is 11.7. The van der Waals surface area contributed by atoms with E-state index in [4.69, 9.17) is 0 Å². The van der Waals surface area contributed by atoms with E-state index in [1.54, 1.807) is 0 Å². The van der Waals surface area contributed by atoms with Crippen LogP contribution in [0.4, 0.5) is 0 Å². The van der Waals surface area contributed by atoms with Crippen LogP contribution in [0.25, 0.3) is 0 Å². The van der Waals surface area contributed by atoms with Crippen LogP contribution < -0.4 is 10.9 Å². The van der Waals surface area contributed by atoms with E-state index in [2.05, 4.69) is 15.5 Å². The second-order valence-electron chi connectivity index (χ2n) is 5.65. The van der Waals surface area contributed by atoms with E-state index in [0.717, 1.165) is 25.7 Å². The zero-order valence-electron chi connectivity index (χ0n) is 11.7. The van der Waals surface area contributed by atoms with E-state index < -0.39 is 0 Å². The average Bonchev–Trinajstić information content (AvgIpc) is 3.32. The van der Waals surface area contributed by atoms with Crippen LogP contribution in [0.15, 0.2) is 16.9 Å². The Morgan fingerprint density at radius 3 is 2.48 bits per heavy atom. The third-order valence-electron chi connectivity index (χ3n) is 3.98. The van der Waals surface area contributed by atoms with Gasteiger partial charge in [0.15, 0.2) is 0 Å². The minimum absolute atomic E-state index is 0.0504. The van der Waals surface area contributed by atoms with Crippen molar-refractivity contribution in [2.45, 2.75) is 31.7 Å². The van der Waals surface area contributed by atoms with Crippen molar-refractivity contribution in [3.05, 3.63) is 28.2 Å². The second-order valence-corrected chi connectivity index (χ2v) is 5.65. The number of H-pyrrole nitrogens is 1. The molecule has 0 spiro atoms. The van der Waals surface area contributed by atoms with Gasteiger partial charge in [-0.2, -0.15) is 5.10 Å². The number of nitrogens with zero attached hydrogens (tertiary/aromatic N) is 2. The summed E-state index contributed by atoms with van der Waals surface area (Å²) in [5.74, 6) is 0.224. The Balaban J connectivity index is 1.50. The maximum atomic E-state index is 12.0. The van der Waals surface area contributed by atoms with Crippen molar-refractivity contribution in [2.75, 3.05) is 13.1 Å². The third-order valence-corrected chi connectivity index (χ3v) is 3.98. The molecule has 0 radical (unpaired) electrons. The summed E-state index contributed by atoms with van der Waals surface area (Å²) in [4.78, 5) is 36.7. The number of rotatable bonds is 3. The van der Waals surface area contributed by atoms with E-state index >= 15 is 0 Å². The third kappa shape index (κ3) is 3.29. The quantitative estimate of drug-likeness (QED) is 0.812. The predicted octanol–water partition coefficient (Wildman–Crippen LogP) is -0.0993. The molecule has 0 unspecified atom stereocenters. The van der Waals surface area contributed by atoms with Crippen LogP contribution in [0.2, 0.25) is 0 Å². The Morgan fingerprint density at radius 2 is 1.90 bits per heavy atom. The van der Waals surface area contributed by atoms with Crippen LogP contribution in [0.1, 0.15) is 36.2 Å². The van der Waals surface area contributed by atoms with Gasteiger partial charge >= 0.3 is 0 Å². The summed E-state index contributed by atoms with van der Waals surface area (Å²) in [5.41, 5.74) is -0.135.